The summed E-state index contributed by atoms with van der Waals surface area (Å²) in [6, 6.07) is 2.41. The highest BCUT2D eigenvalue weighted by Crippen LogP contribution is 2.17. The van der Waals surface area contributed by atoms with Gasteiger partial charge in [-0.3, -0.25) is 14.2 Å². The van der Waals surface area contributed by atoms with Crippen LogP contribution in [0.3, 0.4) is 0 Å². The molecule has 3 aromatic rings. The van der Waals surface area contributed by atoms with Gasteiger partial charge in [-0.15, -0.1) is 0 Å². The molecule has 0 unspecified atom stereocenters. The quantitative estimate of drug-likeness (QED) is 0.618. The van der Waals surface area contributed by atoms with Gasteiger partial charge in [-0.25, -0.2) is 23.1 Å². The third-order valence-corrected chi connectivity index (χ3v) is 4.13. The van der Waals surface area contributed by atoms with Gasteiger partial charge < -0.3 is 9.30 Å². The number of rotatable bonds is 5. The number of benzene rings is 1. The molecule has 2 heterocycles. The van der Waals surface area contributed by atoms with Gasteiger partial charge >= 0.3 is 11.7 Å². The Bertz CT molecular complexity index is 1180. The summed E-state index contributed by atoms with van der Waals surface area (Å²) >= 11 is 0. The van der Waals surface area contributed by atoms with Crippen LogP contribution in [0.1, 0.15) is 26.8 Å². The van der Waals surface area contributed by atoms with E-state index in [-0.39, 0.29) is 30.0 Å². The molecule has 0 fully saturated rings. The molecule has 0 amide bonds. The molecule has 0 spiro atoms. The van der Waals surface area contributed by atoms with E-state index < -0.39 is 34.9 Å². The molecule has 0 N–H and O–H groups in total. The SMILES string of the molecule is CCOC(=O)Cn1cnc2c1c(=O)n(C(C)C)c(=O)n2-c1ccc(F)c(F)c1. The van der Waals surface area contributed by atoms with Crippen LogP contribution >= 0.6 is 0 Å². The first-order valence-electron chi connectivity index (χ1n) is 8.59. The Balaban J connectivity index is 2.36. The fourth-order valence-electron chi connectivity index (χ4n) is 2.93. The monoisotopic (exact) mass is 392 g/mol. The highest BCUT2D eigenvalue weighted by molar-refractivity contribution is 5.76. The molecule has 0 aliphatic carbocycles. The minimum atomic E-state index is -1.15. The lowest BCUT2D eigenvalue weighted by Gasteiger charge is -2.15. The maximum absolute atomic E-state index is 13.8. The average Bonchev–Trinajstić information content (AvgIpc) is 3.01. The molecular weight excluding hydrogens is 374 g/mol. The van der Waals surface area contributed by atoms with Crippen molar-refractivity contribution in [3.63, 3.8) is 0 Å². The van der Waals surface area contributed by atoms with Crippen LogP contribution in [0, 0.1) is 11.6 Å². The van der Waals surface area contributed by atoms with Gasteiger partial charge in [-0.2, -0.15) is 0 Å². The van der Waals surface area contributed by atoms with Crippen molar-refractivity contribution in [1.82, 2.24) is 18.7 Å². The summed E-state index contributed by atoms with van der Waals surface area (Å²) in [6.07, 6.45) is 1.23. The van der Waals surface area contributed by atoms with Gasteiger partial charge in [0.2, 0.25) is 0 Å². The van der Waals surface area contributed by atoms with E-state index in [1.54, 1.807) is 20.8 Å². The smallest absolute Gasteiger partial charge is 0.337 e. The summed E-state index contributed by atoms with van der Waals surface area (Å²) in [5, 5.41) is 0. The number of fused-ring (bicyclic) bond motifs is 1. The number of ether oxygens (including phenoxy) is 1. The van der Waals surface area contributed by atoms with Gasteiger partial charge in [-0.1, -0.05) is 0 Å². The number of esters is 1. The van der Waals surface area contributed by atoms with Crippen molar-refractivity contribution in [2.45, 2.75) is 33.4 Å². The van der Waals surface area contributed by atoms with E-state index in [0.29, 0.717) is 0 Å². The van der Waals surface area contributed by atoms with Crippen molar-refractivity contribution in [3.8, 4) is 5.69 Å². The Kier molecular flexibility index (Phi) is 5.12. The van der Waals surface area contributed by atoms with Gasteiger partial charge in [0.15, 0.2) is 22.8 Å². The number of carbonyl (C=O) groups excluding carboxylic acids is 1. The van der Waals surface area contributed by atoms with Gasteiger partial charge in [0, 0.05) is 12.1 Å². The molecule has 0 aliphatic rings. The molecule has 0 saturated carbocycles. The minimum absolute atomic E-state index is 0.00434. The van der Waals surface area contributed by atoms with E-state index in [1.807, 2.05) is 0 Å². The molecule has 0 atom stereocenters. The molecule has 28 heavy (non-hydrogen) atoms. The maximum atomic E-state index is 13.8. The predicted octanol–water partition coefficient (Wildman–Crippen LogP) is 1.77. The molecule has 148 valence electrons. The van der Waals surface area contributed by atoms with Gasteiger partial charge in [0.25, 0.3) is 5.56 Å². The highest BCUT2D eigenvalue weighted by Gasteiger charge is 2.22. The Hall–Kier alpha value is -3.30. The van der Waals surface area contributed by atoms with Gasteiger partial charge in [0.1, 0.15) is 6.54 Å². The molecule has 0 radical (unpaired) electrons. The molecular formula is C18H18F2N4O4. The molecule has 0 bridgehead atoms. The summed E-state index contributed by atoms with van der Waals surface area (Å²) < 4.78 is 35.2. The Morgan fingerprint density at radius 3 is 2.54 bits per heavy atom. The van der Waals surface area contributed by atoms with Gasteiger partial charge in [0.05, 0.1) is 18.6 Å². The zero-order chi connectivity index (χ0) is 20.6. The summed E-state index contributed by atoms with van der Waals surface area (Å²) in [4.78, 5) is 41.8. The van der Waals surface area contributed by atoms with E-state index in [2.05, 4.69) is 4.98 Å². The van der Waals surface area contributed by atoms with E-state index in [1.165, 1.54) is 17.0 Å². The van der Waals surface area contributed by atoms with Crippen LogP contribution in [-0.2, 0) is 16.1 Å². The molecule has 0 aliphatic heterocycles. The zero-order valence-electron chi connectivity index (χ0n) is 15.5. The molecule has 3 rings (SSSR count). The number of nitrogens with zero attached hydrogens (tertiary/aromatic N) is 4. The van der Waals surface area contributed by atoms with Crippen molar-refractivity contribution in [1.29, 1.82) is 0 Å². The van der Waals surface area contributed by atoms with E-state index >= 15 is 0 Å². The third kappa shape index (κ3) is 3.21. The molecule has 1 aromatic carbocycles. The molecule has 2 aromatic heterocycles. The predicted molar refractivity (Wildman–Crippen MR) is 96.5 cm³/mol. The van der Waals surface area contributed by atoms with Crippen LogP contribution in [-0.4, -0.2) is 31.3 Å². The Morgan fingerprint density at radius 2 is 1.93 bits per heavy atom. The van der Waals surface area contributed by atoms with Crippen LogP contribution in [0.25, 0.3) is 16.9 Å². The van der Waals surface area contributed by atoms with Crippen molar-refractivity contribution in [3.05, 3.63) is 57.0 Å². The number of halogens is 2. The van der Waals surface area contributed by atoms with Crippen LogP contribution in [0.4, 0.5) is 8.78 Å². The molecule has 0 saturated heterocycles. The second kappa shape index (κ2) is 7.37. The largest absolute Gasteiger partial charge is 0.465 e. The summed E-state index contributed by atoms with van der Waals surface area (Å²) in [7, 11) is 0. The Morgan fingerprint density at radius 1 is 1.21 bits per heavy atom. The average molecular weight is 392 g/mol. The van der Waals surface area contributed by atoms with Gasteiger partial charge in [-0.05, 0) is 32.9 Å². The fraction of sp³-hybridized carbons (Fsp3) is 0.333. The van der Waals surface area contributed by atoms with Crippen LogP contribution in [0.5, 0.6) is 0 Å². The first kappa shape index (κ1) is 19.5. The lowest BCUT2D eigenvalue weighted by molar-refractivity contribution is -0.143. The van der Waals surface area contributed by atoms with E-state index in [0.717, 1.165) is 21.3 Å². The lowest BCUT2D eigenvalue weighted by atomic mass is 10.3. The van der Waals surface area contributed by atoms with E-state index in [9.17, 15) is 23.2 Å². The topological polar surface area (TPSA) is 88.1 Å². The number of hydrogen-bond donors (Lipinski definition) is 0. The summed E-state index contributed by atoms with van der Waals surface area (Å²) in [5.41, 5.74) is -1.48. The number of hydrogen-bond acceptors (Lipinski definition) is 5. The molecule has 8 nitrogen and oxygen atoms in total. The van der Waals surface area contributed by atoms with Crippen LogP contribution in [0.15, 0.2) is 34.1 Å². The second-order valence-electron chi connectivity index (χ2n) is 6.34. The number of carbonyl (C=O) groups is 1. The number of imidazole rings is 1. The minimum Gasteiger partial charge on any atom is -0.465 e. The first-order chi connectivity index (χ1) is 13.3. The second-order valence-corrected chi connectivity index (χ2v) is 6.34. The molecule has 10 heteroatoms. The fourth-order valence-corrected chi connectivity index (χ4v) is 2.93. The third-order valence-electron chi connectivity index (χ3n) is 4.13. The first-order valence-corrected chi connectivity index (χ1v) is 8.59. The van der Waals surface area contributed by atoms with Crippen LogP contribution in [0.2, 0.25) is 0 Å². The standard InChI is InChI=1S/C18H18F2N4O4/c1-4-28-14(25)8-22-9-21-16-15(22)17(26)23(10(2)3)18(27)24(16)11-5-6-12(19)13(20)7-11/h5-7,9-10H,4,8H2,1-3H3. The zero-order valence-corrected chi connectivity index (χ0v) is 15.5. The van der Waals surface area contributed by atoms with Crippen molar-refractivity contribution in [2.24, 2.45) is 0 Å². The summed E-state index contributed by atoms with van der Waals surface area (Å²) in [6.45, 7) is 4.80. The highest BCUT2D eigenvalue weighted by atomic mass is 19.2. The van der Waals surface area contributed by atoms with Crippen molar-refractivity contribution < 1.29 is 18.3 Å². The summed E-state index contributed by atoms with van der Waals surface area (Å²) in [5.74, 6) is -2.80. The number of aromatic nitrogens is 4. The van der Waals surface area contributed by atoms with Crippen LogP contribution < -0.4 is 11.2 Å². The van der Waals surface area contributed by atoms with Crippen molar-refractivity contribution >= 4 is 17.1 Å². The normalized spacial score (nSPS) is 11.4. The van der Waals surface area contributed by atoms with Crippen molar-refractivity contribution in [2.75, 3.05) is 6.61 Å². The Labute approximate surface area is 157 Å². The maximum Gasteiger partial charge on any atom is 0.337 e. The van der Waals surface area contributed by atoms with E-state index in [4.69, 9.17) is 4.74 Å². The lowest BCUT2D eigenvalue weighted by Crippen LogP contribution is -2.41.